The summed E-state index contributed by atoms with van der Waals surface area (Å²) < 4.78 is 0. The van der Waals surface area contributed by atoms with Crippen LogP contribution < -0.4 is 5.32 Å². The molecule has 9 heteroatoms. The van der Waals surface area contributed by atoms with Crippen LogP contribution in [-0.2, 0) is 6.54 Å². The molecule has 2 aliphatic heterocycles. The number of rotatable bonds is 3. The molecule has 5 heterocycles. The summed E-state index contributed by atoms with van der Waals surface area (Å²) in [7, 11) is 2.16. The van der Waals surface area contributed by atoms with Crippen LogP contribution in [0, 0.1) is 6.92 Å². The molecule has 0 aliphatic carbocycles. The Morgan fingerprint density at radius 3 is 2.77 bits per heavy atom. The summed E-state index contributed by atoms with van der Waals surface area (Å²) >= 11 is 6.51. The lowest BCUT2D eigenvalue weighted by Crippen LogP contribution is -2.44. The first-order valence-electron chi connectivity index (χ1n) is 9.99. The molecule has 2 N–H and O–H groups in total. The molecular weight excluding hydrogens is 400 g/mol. The molecule has 0 radical (unpaired) electrons. The van der Waals surface area contributed by atoms with E-state index in [2.05, 4.69) is 43.4 Å². The van der Waals surface area contributed by atoms with Crippen LogP contribution in [0.25, 0.3) is 0 Å². The first kappa shape index (κ1) is 19.2. The Kier molecular flexibility index (Phi) is 4.98. The number of fused-ring (bicyclic) bond motifs is 2. The third kappa shape index (κ3) is 3.58. The lowest BCUT2D eigenvalue weighted by Gasteiger charge is -2.32. The van der Waals surface area contributed by atoms with Crippen LogP contribution in [0.2, 0.25) is 5.02 Å². The number of likely N-dealkylation sites (N-methyl/N-ethyl adjacent to an activating group) is 1. The van der Waals surface area contributed by atoms with Gasteiger partial charge in [-0.25, -0.2) is 4.99 Å². The van der Waals surface area contributed by atoms with Crippen LogP contribution in [0.1, 0.15) is 22.5 Å². The Morgan fingerprint density at radius 1 is 1.13 bits per heavy atom. The number of anilines is 2. The van der Waals surface area contributed by atoms with E-state index in [4.69, 9.17) is 21.6 Å². The number of nitrogens with zero attached hydrogens (tertiary/aromatic N) is 6. The molecule has 8 nitrogen and oxygen atoms in total. The van der Waals surface area contributed by atoms with Crippen LogP contribution in [0.4, 0.5) is 17.2 Å². The number of aromatic amines is 1. The Hall–Kier alpha value is -2.81. The molecule has 0 saturated carbocycles. The van der Waals surface area contributed by atoms with Crippen molar-refractivity contribution in [3.05, 3.63) is 58.3 Å². The third-order valence-corrected chi connectivity index (χ3v) is 5.92. The maximum Gasteiger partial charge on any atom is 0.178 e. The summed E-state index contributed by atoms with van der Waals surface area (Å²) in [5.41, 5.74) is 6.10. The number of H-pyrrole nitrogens is 1. The van der Waals surface area contributed by atoms with Crippen molar-refractivity contribution in [2.75, 3.05) is 38.5 Å². The first-order chi connectivity index (χ1) is 14.6. The molecule has 0 unspecified atom stereocenters. The number of aryl methyl sites for hydroxylation is 1. The molecule has 154 valence electrons. The van der Waals surface area contributed by atoms with Crippen LogP contribution in [0.5, 0.6) is 0 Å². The zero-order valence-electron chi connectivity index (χ0n) is 17.0. The second-order valence-corrected chi connectivity index (χ2v) is 8.19. The van der Waals surface area contributed by atoms with Crippen molar-refractivity contribution in [2.45, 2.75) is 13.5 Å². The summed E-state index contributed by atoms with van der Waals surface area (Å²) in [4.78, 5) is 18.6. The number of aliphatic imine (C=N–C) groups is 1. The largest absolute Gasteiger partial charge is 0.335 e. The van der Waals surface area contributed by atoms with Gasteiger partial charge in [0.15, 0.2) is 5.82 Å². The predicted octanol–water partition coefficient (Wildman–Crippen LogP) is 3.14. The van der Waals surface area contributed by atoms with Gasteiger partial charge < -0.3 is 10.2 Å². The van der Waals surface area contributed by atoms with Crippen LogP contribution in [0.15, 0.2) is 35.7 Å². The number of halogens is 1. The van der Waals surface area contributed by atoms with E-state index in [1.807, 2.05) is 19.2 Å². The van der Waals surface area contributed by atoms with Crippen LogP contribution >= 0.6 is 11.6 Å². The van der Waals surface area contributed by atoms with Gasteiger partial charge in [-0.05, 0) is 26.1 Å². The standard InChI is InChI=1S/C21H23ClN8/c1-13-19-21(28-27-13)25-18-11-24-14(12-30-7-5-29(2)6-8-30)9-16(18)20(26-19)15-3-4-23-10-17(15)22/h3-4,9-11H,5-8,12H2,1-2H3,(H2,25,27,28). The zero-order chi connectivity index (χ0) is 20.7. The van der Waals surface area contributed by atoms with Crippen molar-refractivity contribution in [3.8, 4) is 0 Å². The van der Waals surface area contributed by atoms with Crippen molar-refractivity contribution in [2.24, 2.45) is 4.99 Å². The highest BCUT2D eigenvalue weighted by atomic mass is 35.5. The Bertz CT molecular complexity index is 1110. The van der Waals surface area contributed by atoms with Gasteiger partial charge in [0.25, 0.3) is 0 Å². The minimum Gasteiger partial charge on any atom is -0.335 e. The van der Waals surface area contributed by atoms with E-state index in [0.717, 1.165) is 72.3 Å². The Labute approximate surface area is 180 Å². The number of nitrogens with one attached hydrogen (secondary N) is 2. The number of aromatic nitrogens is 4. The van der Waals surface area contributed by atoms with Crippen molar-refractivity contribution < 1.29 is 0 Å². The molecular formula is C21H23ClN8. The number of hydrogen-bond donors (Lipinski definition) is 2. The molecule has 2 aliphatic rings. The molecule has 1 fully saturated rings. The van der Waals surface area contributed by atoms with Crippen molar-refractivity contribution >= 4 is 34.5 Å². The summed E-state index contributed by atoms with van der Waals surface area (Å²) in [5, 5.41) is 11.3. The molecule has 1 saturated heterocycles. The molecule has 5 rings (SSSR count). The first-order valence-corrected chi connectivity index (χ1v) is 10.4. The highest BCUT2D eigenvalue weighted by Crippen LogP contribution is 2.37. The molecule has 30 heavy (non-hydrogen) atoms. The van der Waals surface area contributed by atoms with Gasteiger partial charge in [-0.3, -0.25) is 20.0 Å². The second-order valence-electron chi connectivity index (χ2n) is 7.79. The Balaban J connectivity index is 1.58. The van der Waals surface area contributed by atoms with Gasteiger partial charge in [0.05, 0.1) is 34.0 Å². The molecule has 0 amide bonds. The van der Waals surface area contributed by atoms with Gasteiger partial charge in [-0.1, -0.05) is 11.6 Å². The number of piperazine rings is 1. The van der Waals surface area contributed by atoms with Gasteiger partial charge in [0, 0.05) is 56.2 Å². The van der Waals surface area contributed by atoms with E-state index < -0.39 is 0 Å². The quantitative estimate of drug-likeness (QED) is 0.527. The fraction of sp³-hybridized carbons (Fsp3) is 0.333. The van der Waals surface area contributed by atoms with Crippen molar-refractivity contribution in [3.63, 3.8) is 0 Å². The molecule has 3 aromatic heterocycles. The van der Waals surface area contributed by atoms with Gasteiger partial charge in [-0.15, -0.1) is 0 Å². The normalized spacial score (nSPS) is 17.0. The van der Waals surface area contributed by atoms with Crippen LogP contribution in [0.3, 0.4) is 0 Å². The zero-order valence-corrected chi connectivity index (χ0v) is 17.7. The van der Waals surface area contributed by atoms with E-state index in [1.54, 1.807) is 12.4 Å². The summed E-state index contributed by atoms with van der Waals surface area (Å²) in [6.45, 7) is 7.00. The van der Waals surface area contributed by atoms with Gasteiger partial charge in [-0.2, -0.15) is 5.10 Å². The summed E-state index contributed by atoms with van der Waals surface area (Å²) in [6.07, 6.45) is 5.24. The highest BCUT2D eigenvalue weighted by molar-refractivity contribution is 6.36. The number of hydrogen-bond acceptors (Lipinski definition) is 7. The van der Waals surface area contributed by atoms with Crippen molar-refractivity contribution in [1.29, 1.82) is 0 Å². The number of pyridine rings is 2. The monoisotopic (exact) mass is 422 g/mol. The van der Waals surface area contributed by atoms with Gasteiger partial charge >= 0.3 is 0 Å². The summed E-state index contributed by atoms with van der Waals surface area (Å²) in [5.74, 6) is 0.683. The molecule has 0 bridgehead atoms. The molecule has 0 aromatic carbocycles. The van der Waals surface area contributed by atoms with E-state index in [1.165, 1.54) is 0 Å². The molecule has 3 aromatic rings. The smallest absolute Gasteiger partial charge is 0.178 e. The average Bonchev–Trinajstić information content (AvgIpc) is 3.00. The maximum absolute atomic E-state index is 6.51. The van der Waals surface area contributed by atoms with Gasteiger partial charge in [0.1, 0.15) is 5.69 Å². The Morgan fingerprint density at radius 2 is 1.97 bits per heavy atom. The average molecular weight is 423 g/mol. The van der Waals surface area contributed by atoms with E-state index in [-0.39, 0.29) is 0 Å². The lowest BCUT2D eigenvalue weighted by molar-refractivity contribution is 0.147. The fourth-order valence-electron chi connectivity index (χ4n) is 3.84. The maximum atomic E-state index is 6.51. The third-order valence-electron chi connectivity index (χ3n) is 5.62. The van der Waals surface area contributed by atoms with Crippen molar-refractivity contribution in [1.82, 2.24) is 30.0 Å². The minimum absolute atomic E-state index is 0.559. The van der Waals surface area contributed by atoms with E-state index >= 15 is 0 Å². The molecule has 0 spiro atoms. The lowest BCUT2D eigenvalue weighted by atomic mass is 10.0. The van der Waals surface area contributed by atoms with E-state index in [9.17, 15) is 0 Å². The highest BCUT2D eigenvalue weighted by Gasteiger charge is 2.24. The molecule has 0 atom stereocenters. The van der Waals surface area contributed by atoms with E-state index in [0.29, 0.717) is 10.8 Å². The fourth-order valence-corrected chi connectivity index (χ4v) is 4.04. The SMILES string of the molecule is Cc1[nH]nc2c1N=C(c1ccncc1Cl)c1cc(CN3CCN(C)CC3)ncc1N2. The summed E-state index contributed by atoms with van der Waals surface area (Å²) in [6, 6.07) is 4.01. The topological polar surface area (TPSA) is 85.3 Å². The van der Waals surface area contributed by atoms with Gasteiger partial charge in [0.2, 0.25) is 0 Å². The minimum atomic E-state index is 0.559. The predicted molar refractivity (Wildman–Crippen MR) is 118 cm³/mol. The second kappa shape index (κ2) is 7.79. The van der Waals surface area contributed by atoms with Crippen LogP contribution in [-0.4, -0.2) is 68.9 Å².